The molecule has 0 unspecified atom stereocenters. The number of benzene rings is 2. The molecule has 2 aromatic rings. The van der Waals surface area contributed by atoms with Gasteiger partial charge in [0, 0.05) is 30.7 Å². The Morgan fingerprint density at radius 1 is 1.13 bits per heavy atom. The minimum atomic E-state index is -3.02. The predicted octanol–water partition coefficient (Wildman–Crippen LogP) is 4.17. The minimum Gasteiger partial charge on any atom is -0.494 e. The third-order valence-electron chi connectivity index (χ3n) is 5.46. The fraction of sp³-hybridized carbons (Fsp3) is 0.435. The van der Waals surface area contributed by atoms with Crippen LogP contribution in [0.15, 0.2) is 42.5 Å². The number of ether oxygens (including phenoxy) is 4. The molecule has 8 heteroatoms. The molecule has 1 saturated heterocycles. The lowest BCUT2D eigenvalue weighted by Gasteiger charge is -2.38. The smallest absolute Gasteiger partial charge is 0.387 e. The molecule has 0 saturated carbocycles. The molecule has 1 amide bonds. The first-order chi connectivity index (χ1) is 15.0. The largest absolute Gasteiger partial charge is 0.494 e. The van der Waals surface area contributed by atoms with Crippen molar-refractivity contribution < 1.29 is 32.5 Å². The van der Waals surface area contributed by atoms with Gasteiger partial charge in [-0.05, 0) is 55.7 Å². The predicted molar refractivity (Wildman–Crippen MR) is 111 cm³/mol. The van der Waals surface area contributed by atoms with E-state index < -0.39 is 6.61 Å². The van der Waals surface area contributed by atoms with Gasteiger partial charge in [-0.2, -0.15) is 8.78 Å². The Hall–Kier alpha value is -2.87. The van der Waals surface area contributed by atoms with Crippen molar-refractivity contribution in [2.75, 3.05) is 33.5 Å². The number of amides is 1. The molecule has 31 heavy (non-hydrogen) atoms. The maximum absolute atomic E-state index is 12.8. The van der Waals surface area contributed by atoms with Gasteiger partial charge < -0.3 is 24.3 Å². The monoisotopic (exact) mass is 435 g/mol. The molecule has 0 aromatic heterocycles. The molecule has 0 aliphatic carbocycles. The van der Waals surface area contributed by atoms with E-state index in [-0.39, 0.29) is 28.4 Å². The molecule has 1 N–H and O–H groups in total. The van der Waals surface area contributed by atoms with Crippen LogP contribution in [0, 0.1) is 0 Å². The molecular weight excluding hydrogens is 408 g/mol. The minimum absolute atomic E-state index is 0.132. The van der Waals surface area contributed by atoms with Gasteiger partial charge in [-0.1, -0.05) is 12.1 Å². The molecule has 0 radical (unpaired) electrons. The number of carbonyl (C=O) groups is 1. The zero-order valence-corrected chi connectivity index (χ0v) is 17.7. The maximum atomic E-state index is 12.8. The summed E-state index contributed by atoms with van der Waals surface area (Å²) in [6, 6.07) is 12.1. The SMILES string of the molecule is CCOc1ccc(C2(CNC(=O)c3ccc(OC)c(OC(F)F)c3)CCOCC2)cc1. The lowest BCUT2D eigenvalue weighted by Crippen LogP contribution is -2.44. The van der Waals surface area contributed by atoms with Crippen molar-refractivity contribution in [1.82, 2.24) is 5.32 Å². The summed E-state index contributed by atoms with van der Waals surface area (Å²) in [7, 11) is 1.35. The number of methoxy groups -OCH3 is 1. The van der Waals surface area contributed by atoms with Crippen molar-refractivity contribution in [2.45, 2.75) is 31.8 Å². The summed E-state index contributed by atoms with van der Waals surface area (Å²) < 4.78 is 45.9. The summed E-state index contributed by atoms with van der Waals surface area (Å²) in [5.74, 6) is 0.366. The van der Waals surface area contributed by atoms with E-state index >= 15 is 0 Å². The van der Waals surface area contributed by atoms with Crippen LogP contribution in [0.25, 0.3) is 0 Å². The maximum Gasteiger partial charge on any atom is 0.387 e. The summed E-state index contributed by atoms with van der Waals surface area (Å²) in [5, 5.41) is 2.96. The van der Waals surface area contributed by atoms with E-state index in [1.165, 1.54) is 25.3 Å². The van der Waals surface area contributed by atoms with Crippen LogP contribution in [0.1, 0.15) is 35.7 Å². The molecule has 6 nitrogen and oxygen atoms in total. The van der Waals surface area contributed by atoms with E-state index in [9.17, 15) is 13.6 Å². The van der Waals surface area contributed by atoms with Crippen LogP contribution in [0.5, 0.6) is 17.2 Å². The Kier molecular flexibility index (Phi) is 7.68. The molecule has 0 atom stereocenters. The fourth-order valence-corrected chi connectivity index (χ4v) is 3.76. The Morgan fingerprint density at radius 3 is 2.45 bits per heavy atom. The molecule has 1 aliphatic heterocycles. The van der Waals surface area contributed by atoms with E-state index in [0.717, 1.165) is 24.2 Å². The van der Waals surface area contributed by atoms with Crippen LogP contribution >= 0.6 is 0 Å². The highest BCUT2D eigenvalue weighted by molar-refractivity contribution is 5.95. The molecule has 3 rings (SSSR count). The molecule has 1 fully saturated rings. The number of hydrogen-bond acceptors (Lipinski definition) is 5. The van der Waals surface area contributed by atoms with Gasteiger partial charge in [0.25, 0.3) is 5.91 Å². The molecule has 0 bridgehead atoms. The van der Waals surface area contributed by atoms with Crippen molar-refractivity contribution in [3.05, 3.63) is 53.6 Å². The van der Waals surface area contributed by atoms with Gasteiger partial charge in [0.05, 0.1) is 13.7 Å². The molecule has 0 spiro atoms. The average molecular weight is 435 g/mol. The molecule has 168 valence electrons. The summed E-state index contributed by atoms with van der Waals surface area (Å²) in [6.07, 6.45) is 1.51. The number of nitrogens with one attached hydrogen (secondary N) is 1. The lowest BCUT2D eigenvalue weighted by molar-refractivity contribution is -0.0512. The third kappa shape index (κ3) is 5.64. The highest BCUT2D eigenvalue weighted by Gasteiger charge is 2.35. The van der Waals surface area contributed by atoms with Crippen LogP contribution in [0.2, 0.25) is 0 Å². The molecule has 1 heterocycles. The lowest BCUT2D eigenvalue weighted by atomic mass is 9.74. The first kappa shape index (κ1) is 22.8. The zero-order chi connectivity index (χ0) is 22.3. The van der Waals surface area contributed by atoms with E-state index in [1.54, 1.807) is 0 Å². The van der Waals surface area contributed by atoms with Gasteiger partial charge in [-0.3, -0.25) is 4.79 Å². The van der Waals surface area contributed by atoms with E-state index in [2.05, 4.69) is 10.1 Å². The summed E-state index contributed by atoms with van der Waals surface area (Å²) >= 11 is 0. The van der Waals surface area contributed by atoms with Gasteiger partial charge in [0.1, 0.15) is 5.75 Å². The fourth-order valence-electron chi connectivity index (χ4n) is 3.76. The van der Waals surface area contributed by atoms with E-state index in [1.807, 2.05) is 31.2 Å². The summed E-state index contributed by atoms with van der Waals surface area (Å²) in [4.78, 5) is 12.8. The van der Waals surface area contributed by atoms with Crippen LogP contribution in [-0.4, -0.2) is 46.0 Å². The second-order valence-corrected chi connectivity index (χ2v) is 7.28. The van der Waals surface area contributed by atoms with Crippen LogP contribution < -0.4 is 19.5 Å². The first-order valence-corrected chi connectivity index (χ1v) is 10.2. The van der Waals surface area contributed by atoms with Gasteiger partial charge in [0.2, 0.25) is 0 Å². The topological polar surface area (TPSA) is 66.0 Å². The number of halogens is 2. The quantitative estimate of drug-likeness (QED) is 0.640. The number of alkyl halides is 2. The second kappa shape index (κ2) is 10.4. The Bertz CT molecular complexity index is 867. The highest BCUT2D eigenvalue weighted by atomic mass is 19.3. The standard InChI is InChI=1S/C23H27F2NO5/c1-3-30-18-7-5-17(6-8-18)23(10-12-29-13-11-23)15-26-21(27)16-4-9-19(28-2)20(14-16)31-22(24)25/h4-9,14,22H,3,10-13,15H2,1-2H3,(H,26,27). The highest BCUT2D eigenvalue weighted by Crippen LogP contribution is 2.35. The second-order valence-electron chi connectivity index (χ2n) is 7.28. The van der Waals surface area contributed by atoms with Gasteiger partial charge in [-0.25, -0.2) is 0 Å². The van der Waals surface area contributed by atoms with Crippen molar-refractivity contribution in [1.29, 1.82) is 0 Å². The third-order valence-corrected chi connectivity index (χ3v) is 5.46. The Labute approximate surface area is 180 Å². The average Bonchev–Trinajstić information content (AvgIpc) is 2.78. The first-order valence-electron chi connectivity index (χ1n) is 10.2. The number of rotatable bonds is 9. The van der Waals surface area contributed by atoms with Crippen molar-refractivity contribution >= 4 is 5.91 Å². The molecule has 1 aliphatic rings. The van der Waals surface area contributed by atoms with Crippen LogP contribution in [-0.2, 0) is 10.2 Å². The van der Waals surface area contributed by atoms with Crippen molar-refractivity contribution in [3.8, 4) is 17.2 Å². The Morgan fingerprint density at radius 2 is 1.84 bits per heavy atom. The molecule has 2 aromatic carbocycles. The zero-order valence-electron chi connectivity index (χ0n) is 17.7. The van der Waals surface area contributed by atoms with Crippen molar-refractivity contribution in [2.24, 2.45) is 0 Å². The summed E-state index contributed by atoms with van der Waals surface area (Å²) in [5.41, 5.74) is 1.02. The summed E-state index contributed by atoms with van der Waals surface area (Å²) in [6.45, 7) is 1.08. The van der Waals surface area contributed by atoms with Crippen molar-refractivity contribution in [3.63, 3.8) is 0 Å². The van der Waals surface area contributed by atoms with Gasteiger partial charge >= 0.3 is 6.61 Å². The van der Waals surface area contributed by atoms with Gasteiger partial charge in [-0.15, -0.1) is 0 Å². The van der Waals surface area contributed by atoms with Gasteiger partial charge in [0.15, 0.2) is 11.5 Å². The number of hydrogen-bond donors (Lipinski definition) is 1. The van der Waals surface area contributed by atoms with Crippen LogP contribution in [0.3, 0.4) is 0 Å². The normalized spacial score (nSPS) is 15.4. The number of carbonyl (C=O) groups excluding carboxylic acids is 1. The van der Waals surface area contributed by atoms with E-state index in [0.29, 0.717) is 26.4 Å². The van der Waals surface area contributed by atoms with E-state index in [4.69, 9.17) is 14.2 Å². The molecular formula is C23H27F2NO5. The van der Waals surface area contributed by atoms with Crippen LogP contribution in [0.4, 0.5) is 8.78 Å². The Balaban J connectivity index is 1.76.